The van der Waals surface area contributed by atoms with Crippen LogP contribution in [0.25, 0.3) is 27.8 Å². The number of carbonyl (C=O) groups excluding carboxylic acids is 2. The Morgan fingerprint density at radius 3 is 2.53 bits per heavy atom. The van der Waals surface area contributed by atoms with Gasteiger partial charge in [-0.1, -0.05) is 39.0 Å². The molecule has 5 aromatic rings. The molecule has 0 aliphatic carbocycles. The fourth-order valence-electron chi connectivity index (χ4n) is 5.07. The number of amides is 1. The van der Waals surface area contributed by atoms with E-state index < -0.39 is 11.4 Å². The molecule has 43 heavy (non-hydrogen) atoms. The highest BCUT2D eigenvalue weighted by Gasteiger charge is 2.19. The number of aryl methyl sites for hydroxylation is 1. The van der Waals surface area contributed by atoms with Gasteiger partial charge in [0.15, 0.2) is 11.6 Å². The van der Waals surface area contributed by atoms with Crippen molar-refractivity contribution in [2.75, 3.05) is 5.32 Å². The van der Waals surface area contributed by atoms with Crippen LogP contribution in [-0.2, 0) is 11.3 Å². The number of ketones is 1. The molecule has 2 aromatic heterocycles. The molecule has 0 fully saturated rings. The van der Waals surface area contributed by atoms with Gasteiger partial charge < -0.3 is 9.88 Å². The van der Waals surface area contributed by atoms with E-state index >= 15 is 4.39 Å². The van der Waals surface area contributed by atoms with Gasteiger partial charge in [0.2, 0.25) is 5.91 Å². The smallest absolute Gasteiger partial charge is 0.294 e. The number of benzene rings is 3. The lowest BCUT2D eigenvalue weighted by Gasteiger charge is -2.17. The van der Waals surface area contributed by atoms with Crippen molar-refractivity contribution < 1.29 is 18.4 Å². The minimum Gasteiger partial charge on any atom is -0.316 e. The molecule has 9 heteroatoms. The summed E-state index contributed by atoms with van der Waals surface area (Å²) in [5, 5.41) is 3.34. The second-order valence-corrected chi connectivity index (χ2v) is 10.7. The molecule has 0 unspecified atom stereocenters. The monoisotopic (exact) mass is 582 g/mol. The van der Waals surface area contributed by atoms with Gasteiger partial charge in [0.1, 0.15) is 11.6 Å². The number of nitrogens with zero attached hydrogens (tertiary/aromatic N) is 3. The van der Waals surface area contributed by atoms with Gasteiger partial charge in [-0.05, 0) is 66.9 Å². The van der Waals surface area contributed by atoms with Crippen LogP contribution in [0.15, 0.2) is 77.9 Å². The maximum Gasteiger partial charge on any atom is 0.294 e. The summed E-state index contributed by atoms with van der Waals surface area (Å²) in [5.74, 6) is -1.73. The maximum absolute atomic E-state index is 15.1. The van der Waals surface area contributed by atoms with Crippen LogP contribution < -0.4 is 10.9 Å². The molecule has 0 spiro atoms. The lowest BCUT2D eigenvalue weighted by molar-refractivity contribution is -0.119. The molecule has 0 saturated heterocycles. The van der Waals surface area contributed by atoms with Crippen LogP contribution in [0.5, 0.6) is 0 Å². The largest absolute Gasteiger partial charge is 0.316 e. The van der Waals surface area contributed by atoms with E-state index in [1.54, 1.807) is 54.8 Å². The van der Waals surface area contributed by atoms with Gasteiger partial charge >= 0.3 is 0 Å². The average molecular weight is 583 g/mol. The second kappa shape index (κ2) is 12.1. The molecule has 0 bridgehead atoms. The molecule has 7 nitrogen and oxygen atoms in total. The number of nitrogens with one attached hydrogen (secondary N) is 1. The maximum atomic E-state index is 15.1. The zero-order valence-corrected chi connectivity index (χ0v) is 24.4. The Bertz CT molecular complexity index is 1930. The van der Waals surface area contributed by atoms with Crippen molar-refractivity contribution in [3.05, 3.63) is 112 Å². The van der Waals surface area contributed by atoms with Gasteiger partial charge in [0.05, 0.1) is 24.0 Å². The van der Waals surface area contributed by atoms with Gasteiger partial charge in [0, 0.05) is 40.7 Å². The molecule has 0 aliphatic rings. The van der Waals surface area contributed by atoms with Crippen molar-refractivity contribution in [2.45, 2.75) is 47.1 Å². The van der Waals surface area contributed by atoms with E-state index in [1.165, 1.54) is 35.0 Å². The summed E-state index contributed by atoms with van der Waals surface area (Å²) in [7, 11) is 0. The Hall–Kier alpha value is -4.92. The summed E-state index contributed by atoms with van der Waals surface area (Å²) >= 11 is 0. The molecule has 5 rings (SSSR count). The number of rotatable bonds is 9. The van der Waals surface area contributed by atoms with Gasteiger partial charge in [0.25, 0.3) is 5.56 Å². The number of carbonyl (C=O) groups is 2. The molecule has 1 N–H and O–H groups in total. The number of fused-ring (bicyclic) bond motifs is 1. The van der Waals surface area contributed by atoms with E-state index in [0.29, 0.717) is 51.8 Å². The summed E-state index contributed by atoms with van der Waals surface area (Å²) in [6, 6.07) is 15.8. The highest BCUT2D eigenvalue weighted by molar-refractivity contribution is 5.97. The minimum atomic E-state index is -0.565. The normalized spacial score (nSPS) is 12.0. The standard InChI is InChI=1S/C34H32F2N4O3/c1-5-20(3)33(42)38-32-34(43)40(30(17-37-32)23-8-7-9-24(14-23)31(41)6-2)19-22-12-26(36)15-27(13-22)39-18-21(4)28-16-25(35)10-11-29(28)39/h7-18,20H,5-6,19H2,1-4H3,(H,37,38,42)/t20-/m1/s1. The Kier molecular flexibility index (Phi) is 8.34. The summed E-state index contributed by atoms with van der Waals surface area (Å²) in [6.07, 6.45) is 4.19. The van der Waals surface area contributed by atoms with Gasteiger partial charge in [-0.25, -0.2) is 13.8 Å². The number of halogens is 2. The lowest BCUT2D eigenvalue weighted by Crippen LogP contribution is -2.30. The predicted molar refractivity (Wildman–Crippen MR) is 164 cm³/mol. The number of aromatic nitrogens is 3. The zero-order chi connectivity index (χ0) is 30.8. The molecule has 220 valence electrons. The number of Topliss-reactive ketones (excluding diaryl/α,β-unsaturated/α-hetero) is 1. The Labute approximate surface area is 247 Å². The van der Waals surface area contributed by atoms with Crippen molar-refractivity contribution in [1.29, 1.82) is 0 Å². The quantitative estimate of drug-likeness (QED) is 0.189. The average Bonchev–Trinajstić information content (AvgIpc) is 3.33. The van der Waals surface area contributed by atoms with Crippen molar-refractivity contribution in [3.8, 4) is 16.9 Å². The molecule has 0 aliphatic heterocycles. The van der Waals surface area contributed by atoms with E-state index in [0.717, 1.165) is 5.56 Å². The second-order valence-electron chi connectivity index (χ2n) is 10.7. The first-order valence-electron chi connectivity index (χ1n) is 14.2. The van der Waals surface area contributed by atoms with Crippen LogP contribution in [0.4, 0.5) is 14.6 Å². The van der Waals surface area contributed by atoms with Crippen LogP contribution in [0.2, 0.25) is 0 Å². The van der Waals surface area contributed by atoms with Crippen LogP contribution >= 0.6 is 0 Å². The van der Waals surface area contributed by atoms with E-state index in [4.69, 9.17) is 0 Å². The summed E-state index contributed by atoms with van der Waals surface area (Å²) in [4.78, 5) is 43.2. The van der Waals surface area contributed by atoms with E-state index in [1.807, 2.05) is 20.0 Å². The topological polar surface area (TPSA) is 86.0 Å². The third kappa shape index (κ3) is 6.02. The van der Waals surface area contributed by atoms with Crippen LogP contribution in [0.3, 0.4) is 0 Å². The molecular formula is C34H32F2N4O3. The summed E-state index contributed by atoms with van der Waals surface area (Å²) in [6.45, 7) is 7.21. The summed E-state index contributed by atoms with van der Waals surface area (Å²) in [5.41, 5.74) is 3.43. The lowest BCUT2D eigenvalue weighted by atomic mass is 10.0. The van der Waals surface area contributed by atoms with Crippen molar-refractivity contribution >= 4 is 28.4 Å². The highest BCUT2D eigenvalue weighted by atomic mass is 19.1. The van der Waals surface area contributed by atoms with Crippen LogP contribution in [-0.4, -0.2) is 25.8 Å². The molecule has 0 radical (unpaired) electrons. The van der Waals surface area contributed by atoms with Crippen LogP contribution in [0.1, 0.15) is 55.1 Å². The first kappa shape index (κ1) is 29.6. The predicted octanol–water partition coefficient (Wildman–Crippen LogP) is 7.07. The zero-order valence-electron chi connectivity index (χ0n) is 24.4. The number of anilines is 1. The molecule has 3 aromatic carbocycles. The van der Waals surface area contributed by atoms with Gasteiger partial charge in [-0.15, -0.1) is 0 Å². The van der Waals surface area contributed by atoms with Gasteiger partial charge in [-0.3, -0.25) is 19.0 Å². The van der Waals surface area contributed by atoms with Crippen molar-refractivity contribution in [1.82, 2.24) is 14.1 Å². The highest BCUT2D eigenvalue weighted by Crippen LogP contribution is 2.27. The summed E-state index contributed by atoms with van der Waals surface area (Å²) < 4.78 is 32.2. The Morgan fingerprint density at radius 1 is 1.00 bits per heavy atom. The van der Waals surface area contributed by atoms with E-state index in [9.17, 15) is 18.8 Å². The van der Waals surface area contributed by atoms with E-state index in [-0.39, 0.29) is 35.8 Å². The SMILES string of the molecule is CCC(=O)c1cccc(-c2cnc(NC(=O)[C@H](C)CC)c(=O)n2Cc2cc(F)cc(-n3cc(C)c4cc(F)ccc43)c2)c1. The van der Waals surface area contributed by atoms with Crippen molar-refractivity contribution in [3.63, 3.8) is 0 Å². The first-order chi connectivity index (χ1) is 20.6. The number of hydrogen-bond acceptors (Lipinski definition) is 4. The minimum absolute atomic E-state index is 0.0492. The van der Waals surface area contributed by atoms with Crippen LogP contribution in [0, 0.1) is 24.5 Å². The number of hydrogen-bond donors (Lipinski definition) is 1. The third-order valence-electron chi connectivity index (χ3n) is 7.68. The fraction of sp³-hybridized carbons (Fsp3) is 0.235. The molecule has 0 saturated carbocycles. The van der Waals surface area contributed by atoms with Crippen molar-refractivity contribution in [2.24, 2.45) is 5.92 Å². The third-order valence-corrected chi connectivity index (χ3v) is 7.68. The fourth-order valence-corrected chi connectivity index (χ4v) is 5.07. The molecule has 1 amide bonds. The van der Waals surface area contributed by atoms with Gasteiger partial charge in [-0.2, -0.15) is 0 Å². The molecular weight excluding hydrogens is 550 g/mol. The Morgan fingerprint density at radius 2 is 1.79 bits per heavy atom. The first-order valence-corrected chi connectivity index (χ1v) is 14.2. The molecule has 2 heterocycles. The van der Waals surface area contributed by atoms with E-state index in [2.05, 4.69) is 10.3 Å². The Balaban J connectivity index is 1.64. The molecule has 1 atom stereocenters.